The largest absolute Gasteiger partial charge is 0.310 e. The predicted octanol–water partition coefficient (Wildman–Crippen LogP) is 18.3. The molecule has 0 saturated heterocycles. The van der Waals surface area contributed by atoms with Gasteiger partial charge in [-0.25, -0.2) is 0 Å². The minimum absolute atomic E-state index is 0.0665. The summed E-state index contributed by atoms with van der Waals surface area (Å²) in [6, 6.07) is 51.4. The van der Waals surface area contributed by atoms with E-state index in [0.29, 0.717) is 0 Å². The van der Waals surface area contributed by atoms with Gasteiger partial charge < -0.3 is 4.90 Å². The van der Waals surface area contributed by atoms with Gasteiger partial charge in [-0.15, -0.1) is 0 Å². The molecule has 1 nitrogen and oxygen atoms in total. The van der Waals surface area contributed by atoms with Gasteiger partial charge in [0.15, 0.2) is 0 Å². The van der Waals surface area contributed by atoms with Gasteiger partial charge in [-0.05, 0) is 163 Å². The van der Waals surface area contributed by atoms with Crippen molar-refractivity contribution in [1.82, 2.24) is 0 Å². The Labute approximate surface area is 399 Å². The molecule has 12 rings (SSSR count). The molecule has 0 aliphatic heterocycles. The van der Waals surface area contributed by atoms with Crippen molar-refractivity contribution in [2.24, 2.45) is 10.8 Å². The topological polar surface area (TPSA) is 3.24 Å². The van der Waals surface area contributed by atoms with E-state index in [1.165, 1.54) is 95.0 Å². The van der Waals surface area contributed by atoms with Gasteiger partial charge in [-0.2, -0.15) is 0 Å². The summed E-state index contributed by atoms with van der Waals surface area (Å²) in [5, 5.41) is 0. The van der Waals surface area contributed by atoms with E-state index in [9.17, 15) is 0 Å². The van der Waals surface area contributed by atoms with Gasteiger partial charge in [0, 0.05) is 22.4 Å². The highest BCUT2D eigenvalue weighted by Gasteiger charge is 2.55. The lowest BCUT2D eigenvalue weighted by Crippen LogP contribution is -2.30. The van der Waals surface area contributed by atoms with Crippen LogP contribution in [0.15, 0.2) is 197 Å². The quantitative estimate of drug-likeness (QED) is 0.167. The Balaban J connectivity index is 1.17. The molecule has 0 heterocycles. The molecule has 0 atom stereocenters. The van der Waals surface area contributed by atoms with Crippen LogP contribution in [-0.4, -0.2) is 0 Å². The van der Waals surface area contributed by atoms with Crippen molar-refractivity contribution in [1.29, 1.82) is 0 Å². The number of benzene rings is 6. The Morgan fingerprint density at radius 3 is 1.70 bits per heavy atom. The van der Waals surface area contributed by atoms with Gasteiger partial charge in [0.2, 0.25) is 0 Å². The van der Waals surface area contributed by atoms with Crippen LogP contribution >= 0.6 is 0 Å². The number of allylic oxidation sites excluding steroid dienone is 12. The molecular weight excluding hydrogens is 807 g/mol. The normalized spacial score (nSPS) is 18.4. The van der Waals surface area contributed by atoms with E-state index < -0.39 is 5.41 Å². The molecule has 67 heavy (non-hydrogen) atoms. The van der Waals surface area contributed by atoms with E-state index >= 15 is 0 Å². The summed E-state index contributed by atoms with van der Waals surface area (Å²) in [6.45, 7) is 19.3. The molecule has 1 spiro atoms. The van der Waals surface area contributed by atoms with E-state index in [2.05, 4.69) is 224 Å². The SMILES string of the molecule is CC(C)(C)C1=CC2=C(CC1)C1=C(C=C(C(C)(C)C)CC1)C21c2cc(N(c3ccc4c(c3)C(C)(C)c3ccccc3-4)c3ccccc3C3=CCCC=C3)ccc2-c2c(-c3ccccc3)cccc21. The number of para-hydroxylation sites is 1. The third kappa shape index (κ3) is 6.26. The van der Waals surface area contributed by atoms with E-state index in [1.807, 2.05) is 0 Å². The molecule has 6 aromatic rings. The summed E-state index contributed by atoms with van der Waals surface area (Å²) in [6.07, 6.45) is 19.1. The Kier molecular flexibility index (Phi) is 9.41. The summed E-state index contributed by atoms with van der Waals surface area (Å²) in [4.78, 5) is 2.60. The van der Waals surface area contributed by atoms with Crippen LogP contribution in [0, 0.1) is 10.8 Å². The summed E-state index contributed by atoms with van der Waals surface area (Å²) >= 11 is 0. The molecule has 0 unspecified atom stereocenters. The maximum atomic E-state index is 2.69. The Hall–Kier alpha value is -6.44. The van der Waals surface area contributed by atoms with Crippen molar-refractivity contribution in [2.45, 2.75) is 105 Å². The molecule has 6 aliphatic rings. The molecule has 0 radical (unpaired) electrons. The first kappa shape index (κ1) is 42.0. The number of anilines is 3. The van der Waals surface area contributed by atoms with Gasteiger partial charge in [0.05, 0.1) is 11.1 Å². The molecule has 0 fully saturated rings. The fraction of sp³-hybridized carbons (Fsp3) is 0.273. The van der Waals surface area contributed by atoms with Crippen LogP contribution in [0.5, 0.6) is 0 Å². The molecule has 6 aromatic carbocycles. The van der Waals surface area contributed by atoms with Crippen LogP contribution in [0.3, 0.4) is 0 Å². The highest BCUT2D eigenvalue weighted by atomic mass is 15.1. The van der Waals surface area contributed by atoms with Crippen molar-refractivity contribution >= 4 is 22.6 Å². The second-order valence-electron chi connectivity index (χ2n) is 22.6. The lowest BCUT2D eigenvalue weighted by atomic mass is 9.65. The Bertz CT molecular complexity index is 3210. The zero-order chi connectivity index (χ0) is 46.0. The van der Waals surface area contributed by atoms with Gasteiger partial charge in [-0.3, -0.25) is 0 Å². The third-order valence-corrected chi connectivity index (χ3v) is 16.4. The number of hydrogen-bond donors (Lipinski definition) is 0. The van der Waals surface area contributed by atoms with Gasteiger partial charge in [0.1, 0.15) is 0 Å². The summed E-state index contributed by atoms with van der Waals surface area (Å²) in [5.74, 6) is 0. The standard InChI is InChI=1S/C66H63N/c1-63(2,3)44-30-34-52-53-35-31-45(64(4,5)6)39-59(53)66(58(52)38-44)56-28-19-26-49(43-22-13-10-14-23-43)62(56)54-37-33-47(41-60(54)66)67(61-29-18-16-24-48(61)42-20-11-9-12-21-42)46-32-36-51-50-25-15-17-27-55(50)65(7,8)57(51)40-46/h10-11,13-29,32-33,36-41H,9,12,30-31,34-35H2,1-8H3. The molecule has 0 amide bonds. The Morgan fingerprint density at radius 1 is 0.478 bits per heavy atom. The van der Waals surface area contributed by atoms with Crippen molar-refractivity contribution in [3.63, 3.8) is 0 Å². The Morgan fingerprint density at radius 2 is 1.04 bits per heavy atom. The third-order valence-electron chi connectivity index (χ3n) is 16.4. The zero-order valence-electron chi connectivity index (χ0n) is 40.8. The first-order valence-corrected chi connectivity index (χ1v) is 25.0. The van der Waals surface area contributed by atoms with Gasteiger partial charge in [0.25, 0.3) is 0 Å². The van der Waals surface area contributed by atoms with Crippen molar-refractivity contribution in [3.8, 4) is 33.4 Å². The number of nitrogens with zero attached hydrogens (tertiary/aromatic N) is 1. The highest BCUT2D eigenvalue weighted by Crippen LogP contribution is 2.67. The second-order valence-corrected chi connectivity index (χ2v) is 22.6. The summed E-state index contributed by atoms with van der Waals surface area (Å²) in [5.41, 5.74) is 28.6. The van der Waals surface area contributed by atoms with Crippen LogP contribution < -0.4 is 4.90 Å². The maximum Gasteiger partial charge on any atom is 0.0720 e. The lowest BCUT2D eigenvalue weighted by Gasteiger charge is -2.38. The van der Waals surface area contributed by atoms with E-state index in [1.54, 1.807) is 22.3 Å². The second kappa shape index (κ2) is 15.0. The fourth-order valence-corrected chi connectivity index (χ4v) is 13.0. The van der Waals surface area contributed by atoms with Crippen LogP contribution in [0.4, 0.5) is 17.1 Å². The number of fused-ring (bicyclic) bond motifs is 11. The van der Waals surface area contributed by atoms with Gasteiger partial charge >= 0.3 is 0 Å². The number of hydrogen-bond acceptors (Lipinski definition) is 1. The molecular formula is C66H63N. The first-order chi connectivity index (χ1) is 32.3. The van der Waals surface area contributed by atoms with Gasteiger partial charge in [-0.1, -0.05) is 200 Å². The highest BCUT2D eigenvalue weighted by molar-refractivity contribution is 6.00. The molecule has 332 valence electrons. The van der Waals surface area contributed by atoms with Crippen molar-refractivity contribution in [3.05, 3.63) is 225 Å². The summed E-state index contributed by atoms with van der Waals surface area (Å²) < 4.78 is 0. The molecule has 6 aliphatic carbocycles. The van der Waals surface area contributed by atoms with Crippen LogP contribution in [0.25, 0.3) is 39.0 Å². The monoisotopic (exact) mass is 869 g/mol. The molecule has 0 bridgehead atoms. The number of rotatable bonds is 5. The average Bonchev–Trinajstić information content (AvgIpc) is 3.89. The predicted molar refractivity (Wildman–Crippen MR) is 284 cm³/mol. The van der Waals surface area contributed by atoms with E-state index in [0.717, 1.165) is 38.5 Å². The summed E-state index contributed by atoms with van der Waals surface area (Å²) in [7, 11) is 0. The minimum Gasteiger partial charge on any atom is -0.310 e. The molecule has 0 saturated carbocycles. The smallest absolute Gasteiger partial charge is 0.0720 e. The zero-order valence-corrected chi connectivity index (χ0v) is 40.8. The van der Waals surface area contributed by atoms with Crippen LogP contribution in [0.1, 0.15) is 122 Å². The molecule has 1 heteroatoms. The maximum absolute atomic E-state index is 2.69. The molecule has 0 aromatic heterocycles. The van der Waals surface area contributed by atoms with Crippen LogP contribution in [-0.2, 0) is 10.8 Å². The minimum atomic E-state index is -0.467. The lowest BCUT2D eigenvalue weighted by molar-refractivity contribution is 0.475. The van der Waals surface area contributed by atoms with Crippen molar-refractivity contribution in [2.75, 3.05) is 4.90 Å². The first-order valence-electron chi connectivity index (χ1n) is 25.0. The van der Waals surface area contributed by atoms with E-state index in [-0.39, 0.29) is 16.2 Å². The van der Waals surface area contributed by atoms with Crippen LogP contribution in [0.2, 0.25) is 0 Å². The molecule has 0 N–H and O–H groups in total. The fourth-order valence-electron chi connectivity index (χ4n) is 13.0. The average molecular weight is 870 g/mol. The van der Waals surface area contributed by atoms with Crippen molar-refractivity contribution < 1.29 is 0 Å². The van der Waals surface area contributed by atoms with E-state index in [4.69, 9.17) is 0 Å².